The Morgan fingerprint density at radius 3 is 2.78 bits per heavy atom. The normalized spacial score (nSPS) is 9.94. The molecule has 0 saturated carbocycles. The fourth-order valence-corrected chi connectivity index (χ4v) is 2.34. The summed E-state index contributed by atoms with van der Waals surface area (Å²) in [6, 6.07) is 0. The number of nitrogens with zero attached hydrogens (tertiary/aromatic N) is 1. The fraction of sp³-hybridized carbons (Fsp3) is 0.636. The van der Waals surface area contributed by atoms with Crippen LogP contribution >= 0.6 is 24.2 Å². The highest BCUT2D eigenvalue weighted by Crippen LogP contribution is 2.19. The Bertz CT molecular complexity index is 352. The first-order valence-electron chi connectivity index (χ1n) is 5.61. The first kappa shape index (κ1) is 17.3. The van der Waals surface area contributed by atoms with Crippen LogP contribution in [0.3, 0.4) is 0 Å². The molecule has 0 bridgehead atoms. The maximum absolute atomic E-state index is 11.4. The number of carbonyl (C=O) groups is 1. The number of hydrogen-bond acceptors (Lipinski definition) is 5. The van der Waals surface area contributed by atoms with Gasteiger partial charge in [-0.3, -0.25) is 4.79 Å². The van der Waals surface area contributed by atoms with Gasteiger partial charge < -0.3 is 15.6 Å². The zero-order chi connectivity index (χ0) is 12.7. The van der Waals surface area contributed by atoms with Gasteiger partial charge in [0, 0.05) is 17.9 Å². The Labute approximate surface area is 118 Å². The molecule has 104 valence electrons. The van der Waals surface area contributed by atoms with Crippen LogP contribution in [0, 0.1) is 13.8 Å². The van der Waals surface area contributed by atoms with E-state index >= 15 is 0 Å². The van der Waals surface area contributed by atoms with Gasteiger partial charge in [-0.05, 0) is 26.8 Å². The summed E-state index contributed by atoms with van der Waals surface area (Å²) in [6.45, 7) is 5.05. The summed E-state index contributed by atoms with van der Waals surface area (Å²) < 4.78 is 5.05. The molecule has 0 aliphatic rings. The van der Waals surface area contributed by atoms with Gasteiger partial charge in [-0.25, -0.2) is 0 Å². The Balaban J connectivity index is 0.00000289. The maximum Gasteiger partial charge on any atom is 0.230 e. The Hall–Kier alpha value is -0.720. The number of rotatable bonds is 7. The molecule has 0 radical (unpaired) electrons. The van der Waals surface area contributed by atoms with Crippen LogP contribution in [0.1, 0.15) is 23.4 Å². The Kier molecular flexibility index (Phi) is 8.87. The molecule has 0 unspecified atom stereocenters. The average Bonchev–Trinajstić information content (AvgIpc) is 2.61. The highest BCUT2D eigenvalue weighted by atomic mass is 35.5. The van der Waals surface area contributed by atoms with Gasteiger partial charge in [0.2, 0.25) is 5.91 Å². The van der Waals surface area contributed by atoms with E-state index in [9.17, 15) is 4.79 Å². The molecule has 0 spiro atoms. The predicted octanol–water partition coefficient (Wildman–Crippen LogP) is 1.41. The van der Waals surface area contributed by atoms with Gasteiger partial charge >= 0.3 is 0 Å². The van der Waals surface area contributed by atoms with E-state index in [1.807, 2.05) is 13.8 Å². The molecule has 0 aliphatic heterocycles. The van der Waals surface area contributed by atoms with Crippen LogP contribution in [-0.4, -0.2) is 29.9 Å². The van der Waals surface area contributed by atoms with Gasteiger partial charge in [0.15, 0.2) is 0 Å². The second-order valence-corrected chi connectivity index (χ2v) is 4.77. The highest BCUT2D eigenvalue weighted by molar-refractivity contribution is 7.99. The lowest BCUT2D eigenvalue weighted by atomic mass is 10.2. The molecule has 0 aliphatic carbocycles. The molecule has 7 heteroatoms. The lowest BCUT2D eigenvalue weighted by Crippen LogP contribution is -2.27. The maximum atomic E-state index is 11.4. The lowest BCUT2D eigenvalue weighted by Gasteiger charge is -2.03. The first-order valence-corrected chi connectivity index (χ1v) is 6.77. The van der Waals surface area contributed by atoms with Crippen LogP contribution in [0.2, 0.25) is 0 Å². The summed E-state index contributed by atoms with van der Waals surface area (Å²) in [5.74, 6) is 2.09. The molecule has 0 saturated heterocycles. The zero-order valence-electron chi connectivity index (χ0n) is 10.7. The number of aromatic nitrogens is 1. The summed E-state index contributed by atoms with van der Waals surface area (Å²) in [6.07, 6.45) is 0.820. The second kappa shape index (κ2) is 9.24. The number of halogens is 1. The smallest absolute Gasteiger partial charge is 0.230 e. The molecule has 1 aromatic rings. The van der Waals surface area contributed by atoms with Crippen LogP contribution in [-0.2, 0) is 10.5 Å². The lowest BCUT2D eigenvalue weighted by molar-refractivity contribution is -0.118. The summed E-state index contributed by atoms with van der Waals surface area (Å²) in [4.78, 5) is 11.4. The number of amides is 1. The van der Waals surface area contributed by atoms with E-state index < -0.39 is 0 Å². The fourth-order valence-electron chi connectivity index (χ4n) is 1.33. The van der Waals surface area contributed by atoms with Crippen molar-refractivity contribution >= 4 is 30.1 Å². The summed E-state index contributed by atoms with van der Waals surface area (Å²) in [7, 11) is 0. The molecule has 18 heavy (non-hydrogen) atoms. The van der Waals surface area contributed by atoms with Gasteiger partial charge in [0.1, 0.15) is 5.76 Å². The molecule has 1 rings (SSSR count). The third-order valence-corrected chi connectivity index (χ3v) is 3.32. The van der Waals surface area contributed by atoms with Crippen LogP contribution in [0.25, 0.3) is 0 Å². The minimum Gasteiger partial charge on any atom is -0.361 e. The SMILES string of the molecule is Cc1noc(C)c1CSCC(=O)NCCCN.Cl. The van der Waals surface area contributed by atoms with Crippen LogP contribution < -0.4 is 11.1 Å². The highest BCUT2D eigenvalue weighted by Gasteiger charge is 2.09. The van der Waals surface area contributed by atoms with E-state index in [4.69, 9.17) is 10.3 Å². The second-order valence-electron chi connectivity index (χ2n) is 3.79. The number of carbonyl (C=O) groups excluding carboxylic acids is 1. The molecular formula is C11H20ClN3O2S. The molecule has 0 fully saturated rings. The van der Waals surface area contributed by atoms with Crippen molar-refractivity contribution in [1.29, 1.82) is 0 Å². The quantitative estimate of drug-likeness (QED) is 0.743. The number of nitrogens with two attached hydrogens (primary N) is 1. The van der Waals surface area contributed by atoms with E-state index in [1.165, 1.54) is 0 Å². The number of thioether (sulfide) groups is 1. The van der Waals surface area contributed by atoms with E-state index in [0.29, 0.717) is 18.8 Å². The first-order chi connectivity index (χ1) is 8.15. The molecule has 0 aromatic carbocycles. The molecule has 1 amide bonds. The number of hydrogen-bond donors (Lipinski definition) is 2. The van der Waals surface area contributed by atoms with Crippen molar-refractivity contribution in [2.45, 2.75) is 26.0 Å². The van der Waals surface area contributed by atoms with Crippen molar-refractivity contribution in [2.75, 3.05) is 18.8 Å². The minimum absolute atomic E-state index is 0. The largest absolute Gasteiger partial charge is 0.361 e. The minimum atomic E-state index is 0. The van der Waals surface area contributed by atoms with Crippen LogP contribution in [0.5, 0.6) is 0 Å². The molecule has 5 nitrogen and oxygen atoms in total. The van der Waals surface area contributed by atoms with E-state index in [2.05, 4.69) is 10.5 Å². The molecule has 0 atom stereocenters. The zero-order valence-corrected chi connectivity index (χ0v) is 12.3. The molecule has 1 heterocycles. The van der Waals surface area contributed by atoms with E-state index in [-0.39, 0.29) is 18.3 Å². The van der Waals surface area contributed by atoms with Crippen molar-refractivity contribution < 1.29 is 9.32 Å². The predicted molar refractivity (Wildman–Crippen MR) is 76.1 cm³/mol. The summed E-state index contributed by atoms with van der Waals surface area (Å²) >= 11 is 1.56. The van der Waals surface area contributed by atoms with Gasteiger partial charge in [0.25, 0.3) is 0 Å². The summed E-state index contributed by atoms with van der Waals surface area (Å²) in [5.41, 5.74) is 7.33. The summed E-state index contributed by atoms with van der Waals surface area (Å²) in [5, 5.41) is 6.69. The van der Waals surface area contributed by atoms with Gasteiger partial charge in [0.05, 0.1) is 11.4 Å². The van der Waals surface area contributed by atoms with Crippen molar-refractivity contribution in [3.05, 3.63) is 17.0 Å². The molecular weight excluding hydrogens is 274 g/mol. The van der Waals surface area contributed by atoms with Crippen molar-refractivity contribution in [2.24, 2.45) is 5.73 Å². The van der Waals surface area contributed by atoms with Gasteiger partial charge in [-0.1, -0.05) is 5.16 Å². The Morgan fingerprint density at radius 1 is 1.50 bits per heavy atom. The van der Waals surface area contributed by atoms with Crippen LogP contribution in [0.15, 0.2) is 4.52 Å². The topological polar surface area (TPSA) is 81.2 Å². The Morgan fingerprint density at radius 2 is 2.22 bits per heavy atom. The van der Waals surface area contributed by atoms with E-state index in [1.54, 1.807) is 11.8 Å². The molecule has 1 aromatic heterocycles. The van der Waals surface area contributed by atoms with Gasteiger partial charge in [-0.15, -0.1) is 24.2 Å². The third-order valence-electron chi connectivity index (χ3n) is 2.36. The number of aryl methyl sites for hydroxylation is 2. The van der Waals surface area contributed by atoms with Crippen molar-refractivity contribution in [3.63, 3.8) is 0 Å². The van der Waals surface area contributed by atoms with E-state index in [0.717, 1.165) is 29.2 Å². The van der Waals surface area contributed by atoms with Crippen molar-refractivity contribution in [3.8, 4) is 0 Å². The standard InChI is InChI=1S/C11H19N3O2S.ClH/c1-8-10(9(2)16-14-8)6-17-7-11(15)13-5-3-4-12;/h3-7,12H2,1-2H3,(H,13,15);1H. The van der Waals surface area contributed by atoms with Gasteiger partial charge in [-0.2, -0.15) is 0 Å². The molecule has 3 N–H and O–H groups in total. The number of nitrogens with one attached hydrogen (secondary N) is 1. The average molecular weight is 294 g/mol. The monoisotopic (exact) mass is 293 g/mol. The van der Waals surface area contributed by atoms with Crippen molar-refractivity contribution in [1.82, 2.24) is 10.5 Å². The third kappa shape index (κ3) is 5.75. The van der Waals surface area contributed by atoms with Crippen LogP contribution in [0.4, 0.5) is 0 Å².